The fraction of sp³-hybridized carbons (Fsp3) is 0.630. The molecule has 0 aliphatic heterocycles. The molecular weight excluding hydrogens is 412 g/mol. The number of thiocarbonyl (C=S) groups is 1. The lowest BCUT2D eigenvalue weighted by Gasteiger charge is -2.26. The molecule has 0 atom stereocenters. The van der Waals surface area contributed by atoms with Gasteiger partial charge in [-0.2, -0.15) is 0 Å². The minimum absolute atomic E-state index is 0.855. The molecular formula is C27H44N4S. The SMILES string of the molecule is CCCCCCCCCCCCNC(=S)N(CCCn1ccnc1)Cc1ccc(C)cc1. The highest BCUT2D eigenvalue weighted by Gasteiger charge is 2.10. The fourth-order valence-corrected chi connectivity index (χ4v) is 4.21. The summed E-state index contributed by atoms with van der Waals surface area (Å²) in [4.78, 5) is 6.45. The number of aromatic nitrogens is 2. The van der Waals surface area contributed by atoms with E-state index in [1.807, 2.05) is 18.7 Å². The summed E-state index contributed by atoms with van der Waals surface area (Å²) in [6.07, 6.45) is 20.4. The van der Waals surface area contributed by atoms with Crippen LogP contribution in [0.1, 0.15) is 88.7 Å². The Kier molecular flexibility index (Phi) is 13.8. The van der Waals surface area contributed by atoms with Crippen molar-refractivity contribution in [2.45, 2.75) is 97.6 Å². The predicted octanol–water partition coefficient (Wildman–Crippen LogP) is 6.88. The zero-order valence-corrected chi connectivity index (χ0v) is 21.2. The van der Waals surface area contributed by atoms with E-state index < -0.39 is 0 Å². The van der Waals surface area contributed by atoms with Gasteiger partial charge in [-0.15, -0.1) is 0 Å². The van der Waals surface area contributed by atoms with Gasteiger partial charge in [-0.05, 0) is 37.5 Å². The number of imidazole rings is 1. The van der Waals surface area contributed by atoms with Crippen LogP contribution in [-0.4, -0.2) is 32.7 Å². The molecule has 32 heavy (non-hydrogen) atoms. The Morgan fingerprint density at radius 2 is 1.59 bits per heavy atom. The van der Waals surface area contributed by atoms with Gasteiger partial charge in [0, 0.05) is 38.6 Å². The van der Waals surface area contributed by atoms with E-state index in [4.69, 9.17) is 12.2 Å². The minimum atomic E-state index is 0.855. The summed E-state index contributed by atoms with van der Waals surface area (Å²) < 4.78 is 2.13. The molecule has 0 spiro atoms. The van der Waals surface area contributed by atoms with Crippen molar-refractivity contribution in [3.05, 3.63) is 54.1 Å². The molecule has 1 aromatic heterocycles. The Bertz CT molecular complexity index is 712. The quantitative estimate of drug-likeness (QED) is 0.208. The molecule has 4 nitrogen and oxygen atoms in total. The molecule has 0 aliphatic rings. The Labute approximate surface area is 201 Å². The Morgan fingerprint density at radius 1 is 0.938 bits per heavy atom. The number of unbranched alkanes of at least 4 members (excludes halogenated alkanes) is 9. The van der Waals surface area contributed by atoms with Crippen molar-refractivity contribution >= 4 is 17.3 Å². The highest BCUT2D eigenvalue weighted by atomic mass is 32.1. The first-order valence-corrected chi connectivity index (χ1v) is 13.1. The third-order valence-corrected chi connectivity index (χ3v) is 6.39. The summed E-state index contributed by atoms with van der Waals surface area (Å²) in [5, 5.41) is 4.40. The summed E-state index contributed by atoms with van der Waals surface area (Å²) in [5.74, 6) is 0. The number of rotatable bonds is 17. The van der Waals surface area contributed by atoms with Crippen LogP contribution in [0.25, 0.3) is 0 Å². The van der Waals surface area contributed by atoms with E-state index in [-0.39, 0.29) is 0 Å². The molecule has 0 aliphatic carbocycles. The van der Waals surface area contributed by atoms with E-state index in [9.17, 15) is 0 Å². The van der Waals surface area contributed by atoms with Gasteiger partial charge in [0.1, 0.15) is 0 Å². The molecule has 178 valence electrons. The average Bonchev–Trinajstić information content (AvgIpc) is 3.31. The minimum Gasteiger partial charge on any atom is -0.363 e. The van der Waals surface area contributed by atoms with Gasteiger partial charge >= 0.3 is 0 Å². The normalized spacial score (nSPS) is 10.9. The summed E-state index contributed by atoms with van der Waals surface area (Å²) in [7, 11) is 0. The highest BCUT2D eigenvalue weighted by molar-refractivity contribution is 7.80. The average molecular weight is 457 g/mol. The number of nitrogens with zero attached hydrogens (tertiary/aromatic N) is 3. The van der Waals surface area contributed by atoms with E-state index >= 15 is 0 Å². The molecule has 0 bridgehead atoms. The van der Waals surface area contributed by atoms with Crippen molar-refractivity contribution in [3.8, 4) is 0 Å². The van der Waals surface area contributed by atoms with Crippen LogP contribution in [0.15, 0.2) is 43.0 Å². The second-order valence-corrected chi connectivity index (χ2v) is 9.36. The van der Waals surface area contributed by atoms with Crippen LogP contribution in [0.2, 0.25) is 0 Å². The van der Waals surface area contributed by atoms with Crippen molar-refractivity contribution in [1.29, 1.82) is 0 Å². The number of nitrogens with one attached hydrogen (secondary N) is 1. The van der Waals surface area contributed by atoms with Crippen molar-refractivity contribution in [3.63, 3.8) is 0 Å². The maximum Gasteiger partial charge on any atom is 0.169 e. The van der Waals surface area contributed by atoms with E-state index in [1.165, 1.54) is 75.3 Å². The Morgan fingerprint density at radius 3 is 2.22 bits per heavy atom. The zero-order chi connectivity index (χ0) is 22.9. The highest BCUT2D eigenvalue weighted by Crippen LogP contribution is 2.11. The van der Waals surface area contributed by atoms with Crippen LogP contribution in [0.5, 0.6) is 0 Å². The van der Waals surface area contributed by atoms with Crippen LogP contribution in [-0.2, 0) is 13.1 Å². The van der Waals surface area contributed by atoms with Gasteiger partial charge in [0.05, 0.1) is 6.33 Å². The summed E-state index contributed by atoms with van der Waals surface area (Å²) in [6.45, 7) is 8.14. The number of benzene rings is 1. The predicted molar refractivity (Wildman–Crippen MR) is 141 cm³/mol. The summed E-state index contributed by atoms with van der Waals surface area (Å²) >= 11 is 5.78. The number of hydrogen-bond acceptors (Lipinski definition) is 2. The topological polar surface area (TPSA) is 33.1 Å². The van der Waals surface area contributed by atoms with Crippen LogP contribution in [0.3, 0.4) is 0 Å². The lowest BCUT2D eigenvalue weighted by molar-refractivity contribution is 0.384. The van der Waals surface area contributed by atoms with Crippen molar-refractivity contribution in [2.75, 3.05) is 13.1 Å². The van der Waals surface area contributed by atoms with Crippen molar-refractivity contribution < 1.29 is 0 Å². The van der Waals surface area contributed by atoms with Crippen LogP contribution >= 0.6 is 12.2 Å². The first kappa shape index (κ1) is 26.4. The molecule has 0 unspecified atom stereocenters. The lowest BCUT2D eigenvalue weighted by Crippen LogP contribution is -2.40. The maximum atomic E-state index is 5.78. The second-order valence-electron chi connectivity index (χ2n) is 8.98. The van der Waals surface area contributed by atoms with Gasteiger partial charge in [-0.1, -0.05) is 94.5 Å². The molecule has 2 aromatic rings. The molecule has 1 heterocycles. The lowest BCUT2D eigenvalue weighted by atomic mass is 10.1. The molecule has 0 fully saturated rings. The van der Waals surface area contributed by atoms with Gasteiger partial charge in [-0.25, -0.2) is 4.98 Å². The molecule has 0 amide bonds. The Hall–Kier alpha value is -1.88. The molecule has 1 aromatic carbocycles. The monoisotopic (exact) mass is 456 g/mol. The second kappa shape index (κ2) is 16.7. The third-order valence-electron chi connectivity index (χ3n) is 5.99. The molecule has 1 N–H and O–H groups in total. The largest absolute Gasteiger partial charge is 0.363 e. The standard InChI is InChI=1S/C27H44N4S/c1-3-4-5-6-7-8-9-10-11-12-18-29-27(32)31(21-13-20-30-22-19-28-24-30)23-26-16-14-25(2)15-17-26/h14-17,19,22,24H,3-13,18,20-21,23H2,1-2H3,(H,29,32). The van der Waals surface area contributed by atoms with Crippen molar-refractivity contribution in [2.24, 2.45) is 0 Å². The van der Waals surface area contributed by atoms with Crippen LogP contribution in [0, 0.1) is 6.92 Å². The van der Waals surface area contributed by atoms with Crippen molar-refractivity contribution in [1.82, 2.24) is 19.8 Å². The van der Waals surface area contributed by atoms with Crippen LogP contribution in [0.4, 0.5) is 0 Å². The summed E-state index contributed by atoms with van der Waals surface area (Å²) in [6, 6.07) is 8.78. The van der Waals surface area contributed by atoms with Gasteiger partial charge in [0.25, 0.3) is 0 Å². The molecule has 2 rings (SSSR count). The third kappa shape index (κ3) is 11.7. The first-order chi connectivity index (χ1) is 15.7. The molecule has 0 saturated carbocycles. The molecule has 0 radical (unpaired) electrons. The van der Waals surface area contributed by atoms with Gasteiger partial charge < -0.3 is 14.8 Å². The van der Waals surface area contributed by atoms with Gasteiger partial charge in [-0.3, -0.25) is 0 Å². The van der Waals surface area contributed by atoms with E-state index in [1.54, 1.807) is 0 Å². The number of aryl methyl sites for hydroxylation is 2. The first-order valence-electron chi connectivity index (χ1n) is 12.7. The smallest absolute Gasteiger partial charge is 0.169 e. The van der Waals surface area contributed by atoms with E-state index in [0.717, 1.165) is 37.7 Å². The maximum absolute atomic E-state index is 5.78. The molecule has 0 saturated heterocycles. The number of hydrogen-bond donors (Lipinski definition) is 1. The molecule has 5 heteroatoms. The fourth-order valence-electron chi connectivity index (χ4n) is 3.95. The van der Waals surface area contributed by atoms with E-state index in [0.29, 0.717) is 0 Å². The summed E-state index contributed by atoms with van der Waals surface area (Å²) in [5.41, 5.74) is 2.60. The zero-order valence-electron chi connectivity index (χ0n) is 20.4. The van der Waals surface area contributed by atoms with Gasteiger partial charge in [0.15, 0.2) is 5.11 Å². The van der Waals surface area contributed by atoms with E-state index in [2.05, 4.69) is 57.9 Å². The Balaban J connectivity index is 1.66. The van der Waals surface area contributed by atoms with Crippen LogP contribution < -0.4 is 5.32 Å². The van der Waals surface area contributed by atoms with Gasteiger partial charge in [0.2, 0.25) is 0 Å².